The molecule has 1 unspecified atom stereocenters. The summed E-state index contributed by atoms with van der Waals surface area (Å²) in [6.07, 6.45) is -0.993. The van der Waals surface area contributed by atoms with Gasteiger partial charge >= 0.3 is 27.7 Å². The smallest absolute Gasteiger partial charge is 0.467 e. The fraction of sp³-hybridized carbons (Fsp3) is 0.529. The van der Waals surface area contributed by atoms with Crippen molar-refractivity contribution in [2.24, 2.45) is 0 Å². The minimum atomic E-state index is -5.80. The second kappa shape index (κ2) is 8.47. The lowest BCUT2D eigenvalue weighted by Gasteiger charge is -2.29. The van der Waals surface area contributed by atoms with Crippen molar-refractivity contribution in [1.29, 1.82) is 0 Å². The summed E-state index contributed by atoms with van der Waals surface area (Å²) in [5.41, 5.74) is -7.56. The van der Waals surface area contributed by atoms with E-state index in [4.69, 9.17) is 9.47 Å². The van der Waals surface area contributed by atoms with E-state index in [0.717, 1.165) is 19.2 Å². The number of halogens is 3. The Kier molecular flexibility index (Phi) is 7.17. The Morgan fingerprint density at radius 1 is 1.03 bits per heavy atom. The predicted octanol–water partition coefficient (Wildman–Crippen LogP) is 2.91. The molecule has 0 aliphatic heterocycles. The molecule has 1 aromatic carbocycles. The number of carbonyl (C=O) groups excluding carboxylic acids is 2. The molecule has 0 aliphatic carbocycles. The molecule has 0 heterocycles. The second-order valence-corrected chi connectivity index (χ2v) is 8.79. The third-order valence-corrected chi connectivity index (χ3v) is 4.36. The Morgan fingerprint density at radius 2 is 1.55 bits per heavy atom. The van der Waals surface area contributed by atoms with Crippen LogP contribution in [-0.2, 0) is 30.8 Å². The van der Waals surface area contributed by atoms with Crippen molar-refractivity contribution in [3.63, 3.8) is 0 Å². The molecule has 0 aliphatic rings. The number of methoxy groups -OCH3 is 1. The van der Waals surface area contributed by atoms with E-state index >= 15 is 0 Å². The average molecular weight is 441 g/mol. The van der Waals surface area contributed by atoms with Crippen LogP contribution in [0.4, 0.5) is 18.0 Å². The maximum atomic E-state index is 12.4. The lowest BCUT2D eigenvalue weighted by molar-refractivity contribution is -0.147. The number of nitrogens with one attached hydrogen (secondary N) is 1. The van der Waals surface area contributed by atoms with Gasteiger partial charge in [0.1, 0.15) is 16.9 Å². The number of amides is 1. The lowest BCUT2D eigenvalue weighted by Crippen LogP contribution is -2.55. The van der Waals surface area contributed by atoms with Crippen molar-refractivity contribution in [1.82, 2.24) is 5.32 Å². The highest BCUT2D eigenvalue weighted by atomic mass is 32.2. The maximum absolute atomic E-state index is 12.4. The van der Waals surface area contributed by atoms with Gasteiger partial charge in [-0.15, -0.1) is 0 Å². The van der Waals surface area contributed by atoms with Crippen LogP contribution in [0.25, 0.3) is 0 Å². The van der Waals surface area contributed by atoms with Crippen molar-refractivity contribution in [2.45, 2.75) is 50.8 Å². The number of ether oxygens (including phenoxy) is 2. The van der Waals surface area contributed by atoms with Crippen LogP contribution in [0.3, 0.4) is 0 Å². The molecule has 0 spiro atoms. The largest absolute Gasteiger partial charge is 0.534 e. The van der Waals surface area contributed by atoms with Gasteiger partial charge in [-0.25, -0.2) is 9.59 Å². The molecule has 0 fully saturated rings. The summed E-state index contributed by atoms with van der Waals surface area (Å²) in [6, 6.07) is 4.48. The van der Waals surface area contributed by atoms with Gasteiger partial charge in [-0.2, -0.15) is 21.6 Å². The van der Waals surface area contributed by atoms with Gasteiger partial charge in [0.2, 0.25) is 0 Å². The van der Waals surface area contributed by atoms with Crippen LogP contribution in [0.1, 0.15) is 33.3 Å². The number of benzene rings is 1. The molecule has 1 rings (SSSR count). The summed E-state index contributed by atoms with van der Waals surface area (Å²) in [5.74, 6) is -1.35. The normalized spacial score (nSPS) is 14.5. The van der Waals surface area contributed by atoms with Gasteiger partial charge in [-0.3, -0.25) is 0 Å². The number of esters is 1. The highest BCUT2D eigenvalue weighted by Crippen LogP contribution is 2.27. The number of alkyl carbamates (subject to hydrolysis) is 1. The van der Waals surface area contributed by atoms with Crippen molar-refractivity contribution in [2.75, 3.05) is 7.11 Å². The van der Waals surface area contributed by atoms with Crippen molar-refractivity contribution in [3.05, 3.63) is 29.8 Å². The average Bonchev–Trinajstić information content (AvgIpc) is 2.52. The van der Waals surface area contributed by atoms with Gasteiger partial charge in [0, 0.05) is 6.42 Å². The van der Waals surface area contributed by atoms with E-state index in [2.05, 4.69) is 9.50 Å². The van der Waals surface area contributed by atoms with Crippen LogP contribution < -0.4 is 9.50 Å². The molecule has 1 N–H and O–H groups in total. The maximum Gasteiger partial charge on any atom is 0.534 e. The van der Waals surface area contributed by atoms with Crippen molar-refractivity contribution in [3.8, 4) is 5.75 Å². The Balaban J connectivity index is 3.01. The van der Waals surface area contributed by atoms with Gasteiger partial charge in [0.05, 0.1) is 7.11 Å². The number of carbonyl (C=O) groups is 2. The van der Waals surface area contributed by atoms with E-state index in [9.17, 15) is 31.2 Å². The first-order valence-electron chi connectivity index (χ1n) is 8.18. The van der Waals surface area contributed by atoms with Gasteiger partial charge in [0.15, 0.2) is 0 Å². The summed E-state index contributed by atoms with van der Waals surface area (Å²) in [4.78, 5) is 24.2. The molecule has 1 amide bonds. The zero-order chi connectivity index (χ0) is 22.7. The number of hydrogen-bond donors (Lipinski definition) is 1. The molecule has 29 heavy (non-hydrogen) atoms. The fourth-order valence-electron chi connectivity index (χ4n) is 2.17. The molecule has 12 heteroatoms. The summed E-state index contributed by atoms with van der Waals surface area (Å²) in [7, 11) is -4.68. The van der Waals surface area contributed by atoms with Crippen LogP contribution in [0.5, 0.6) is 5.75 Å². The van der Waals surface area contributed by atoms with E-state index in [1.54, 1.807) is 20.8 Å². The second-order valence-electron chi connectivity index (χ2n) is 7.25. The molecule has 0 radical (unpaired) electrons. The zero-order valence-corrected chi connectivity index (χ0v) is 17.2. The molecule has 0 aromatic heterocycles. The predicted molar refractivity (Wildman–Crippen MR) is 95.5 cm³/mol. The first kappa shape index (κ1) is 24.5. The highest BCUT2D eigenvalue weighted by molar-refractivity contribution is 7.88. The molecule has 0 saturated heterocycles. The topological polar surface area (TPSA) is 108 Å². The molecule has 8 nitrogen and oxygen atoms in total. The van der Waals surface area contributed by atoms with Crippen molar-refractivity contribution >= 4 is 22.2 Å². The Hall–Kier alpha value is -2.50. The van der Waals surface area contributed by atoms with E-state index in [1.165, 1.54) is 19.1 Å². The number of hydrogen-bond acceptors (Lipinski definition) is 7. The van der Waals surface area contributed by atoms with E-state index < -0.39 is 44.6 Å². The number of rotatable bonds is 6. The summed E-state index contributed by atoms with van der Waals surface area (Å²) in [6.45, 7) is 6.28. The van der Waals surface area contributed by atoms with Gasteiger partial charge in [-0.1, -0.05) is 12.1 Å². The fourth-order valence-corrected chi connectivity index (χ4v) is 2.63. The third-order valence-electron chi connectivity index (χ3n) is 3.38. The molecule has 1 aromatic rings. The molecule has 1 atom stereocenters. The molecular weight excluding hydrogens is 419 g/mol. The first-order chi connectivity index (χ1) is 13.0. The van der Waals surface area contributed by atoms with Crippen LogP contribution in [0, 0.1) is 0 Å². The van der Waals surface area contributed by atoms with Crippen LogP contribution in [-0.4, -0.2) is 44.2 Å². The molecule has 0 saturated carbocycles. The summed E-state index contributed by atoms with van der Waals surface area (Å²) in [5, 5.41) is 2.41. The third kappa shape index (κ3) is 7.11. The van der Waals surface area contributed by atoms with Crippen LogP contribution in [0.2, 0.25) is 0 Å². The number of alkyl halides is 3. The quantitative estimate of drug-likeness (QED) is 0.411. The van der Waals surface area contributed by atoms with Crippen LogP contribution >= 0.6 is 0 Å². The minimum Gasteiger partial charge on any atom is -0.467 e. The standard InChI is InChI=1S/C17H22F3NO7S/c1-15(2,3)27-14(23)21-16(4,13(22)26-5)10-11-6-8-12(9-7-11)28-29(24,25)17(18,19)20/h6-9H,10H2,1-5H3,(H,21,23). The van der Waals surface area contributed by atoms with E-state index in [1.807, 2.05) is 0 Å². The monoisotopic (exact) mass is 441 g/mol. The molecule has 0 bridgehead atoms. The van der Waals surface area contributed by atoms with E-state index in [-0.39, 0.29) is 6.42 Å². The zero-order valence-electron chi connectivity index (χ0n) is 16.4. The summed E-state index contributed by atoms with van der Waals surface area (Å²) < 4.78 is 73.0. The summed E-state index contributed by atoms with van der Waals surface area (Å²) >= 11 is 0. The Labute approximate surface area is 166 Å². The Bertz CT molecular complexity index is 845. The van der Waals surface area contributed by atoms with Gasteiger partial charge in [0.25, 0.3) is 0 Å². The molecular formula is C17H22F3NO7S. The van der Waals surface area contributed by atoms with Gasteiger partial charge in [-0.05, 0) is 45.4 Å². The van der Waals surface area contributed by atoms with Crippen LogP contribution in [0.15, 0.2) is 24.3 Å². The van der Waals surface area contributed by atoms with E-state index in [0.29, 0.717) is 5.56 Å². The highest BCUT2D eigenvalue weighted by Gasteiger charge is 2.48. The van der Waals surface area contributed by atoms with Crippen molar-refractivity contribution < 1.29 is 44.8 Å². The molecule has 164 valence electrons. The Morgan fingerprint density at radius 3 is 1.97 bits per heavy atom. The van der Waals surface area contributed by atoms with Gasteiger partial charge < -0.3 is 19.0 Å². The SMILES string of the molecule is COC(=O)C(C)(Cc1ccc(OS(=O)(=O)C(F)(F)F)cc1)NC(=O)OC(C)(C)C. The minimum absolute atomic E-state index is 0.120. The lowest BCUT2D eigenvalue weighted by atomic mass is 9.93. The first-order valence-corrected chi connectivity index (χ1v) is 9.59.